The van der Waals surface area contributed by atoms with Crippen LogP contribution in [0.4, 0.5) is 0 Å². The van der Waals surface area contributed by atoms with E-state index in [-0.39, 0.29) is 4.90 Å². The minimum atomic E-state index is -3.58. The molecule has 1 aliphatic heterocycles. The number of morpholine rings is 1. The number of para-hydroxylation sites is 1. The fraction of sp³-hybridized carbons (Fsp3) is 0.333. The second kappa shape index (κ2) is 9.21. The third-order valence-corrected chi connectivity index (χ3v) is 8.30. The average molecular weight is 486 g/mol. The van der Waals surface area contributed by atoms with Crippen molar-refractivity contribution in [3.8, 4) is 5.69 Å². The molecular formula is C21H23N7O3S2. The van der Waals surface area contributed by atoms with Gasteiger partial charge in [0.1, 0.15) is 5.82 Å². The van der Waals surface area contributed by atoms with E-state index in [2.05, 4.69) is 20.1 Å². The summed E-state index contributed by atoms with van der Waals surface area (Å²) >= 11 is 1.48. The Balaban J connectivity index is 1.42. The van der Waals surface area contributed by atoms with E-state index < -0.39 is 10.0 Å². The SMILES string of the molecule is CCn1c(CSc2nnnn2-c2ccccc2)nc2cc(S(=O)(=O)N3CCOCC3)ccc21. The first-order chi connectivity index (χ1) is 16.1. The molecule has 172 valence electrons. The Bertz CT molecular complexity index is 1360. The van der Waals surface area contributed by atoms with Crippen molar-refractivity contribution < 1.29 is 13.2 Å². The highest BCUT2D eigenvalue weighted by molar-refractivity contribution is 7.98. The fourth-order valence-corrected chi connectivity index (χ4v) is 6.11. The molecule has 0 radical (unpaired) electrons. The van der Waals surface area contributed by atoms with E-state index >= 15 is 0 Å². The monoisotopic (exact) mass is 485 g/mol. The molecule has 3 heterocycles. The van der Waals surface area contributed by atoms with Crippen molar-refractivity contribution in [3.05, 3.63) is 54.4 Å². The molecular weight excluding hydrogens is 462 g/mol. The number of nitrogens with zero attached hydrogens (tertiary/aromatic N) is 7. The first-order valence-corrected chi connectivity index (χ1v) is 13.0. The normalized spacial score (nSPS) is 15.3. The molecule has 12 heteroatoms. The van der Waals surface area contributed by atoms with Crippen LogP contribution in [0.15, 0.2) is 58.6 Å². The Hall–Kier alpha value is -2.80. The molecule has 5 rings (SSSR count). The number of hydrogen-bond donors (Lipinski definition) is 0. The average Bonchev–Trinajstić information content (AvgIpc) is 3.47. The van der Waals surface area contributed by atoms with Gasteiger partial charge in [-0.25, -0.2) is 13.4 Å². The Morgan fingerprint density at radius 1 is 1.09 bits per heavy atom. The maximum Gasteiger partial charge on any atom is 0.243 e. The zero-order valence-electron chi connectivity index (χ0n) is 18.0. The Morgan fingerprint density at radius 3 is 2.64 bits per heavy atom. The molecule has 2 aromatic heterocycles. The molecule has 0 N–H and O–H groups in total. The summed E-state index contributed by atoms with van der Waals surface area (Å²) in [5, 5.41) is 12.7. The molecule has 0 saturated carbocycles. The second-order valence-corrected chi connectivity index (χ2v) is 10.3. The maximum absolute atomic E-state index is 13.1. The van der Waals surface area contributed by atoms with Crippen molar-refractivity contribution in [1.29, 1.82) is 0 Å². The van der Waals surface area contributed by atoms with E-state index in [1.165, 1.54) is 16.1 Å². The number of aryl methyl sites for hydroxylation is 1. The van der Waals surface area contributed by atoms with Gasteiger partial charge in [0.15, 0.2) is 0 Å². The molecule has 0 aliphatic carbocycles. The van der Waals surface area contributed by atoms with Gasteiger partial charge in [-0.05, 0) is 47.7 Å². The number of fused-ring (bicyclic) bond motifs is 1. The molecule has 2 aromatic carbocycles. The van der Waals surface area contributed by atoms with Gasteiger partial charge in [0.25, 0.3) is 0 Å². The molecule has 33 heavy (non-hydrogen) atoms. The summed E-state index contributed by atoms with van der Waals surface area (Å²) in [6.45, 7) is 4.31. The molecule has 0 amide bonds. The third kappa shape index (κ3) is 4.26. The zero-order chi connectivity index (χ0) is 22.8. The molecule has 1 aliphatic rings. The summed E-state index contributed by atoms with van der Waals surface area (Å²) in [6, 6.07) is 14.9. The first kappa shape index (κ1) is 22.0. The number of rotatable bonds is 7. The Kier molecular flexibility index (Phi) is 6.15. The second-order valence-electron chi connectivity index (χ2n) is 7.44. The highest BCUT2D eigenvalue weighted by Gasteiger charge is 2.27. The van der Waals surface area contributed by atoms with Crippen molar-refractivity contribution in [2.75, 3.05) is 26.3 Å². The van der Waals surface area contributed by atoms with Crippen LogP contribution in [-0.4, -0.2) is 68.8 Å². The summed E-state index contributed by atoms with van der Waals surface area (Å²) in [5.41, 5.74) is 2.44. The van der Waals surface area contributed by atoms with Crippen LogP contribution < -0.4 is 0 Å². The summed E-state index contributed by atoms with van der Waals surface area (Å²) in [7, 11) is -3.58. The van der Waals surface area contributed by atoms with E-state index in [1.807, 2.05) is 43.3 Å². The van der Waals surface area contributed by atoms with Crippen LogP contribution in [0.3, 0.4) is 0 Å². The molecule has 1 fully saturated rings. The number of imidazole rings is 1. The van der Waals surface area contributed by atoms with Gasteiger partial charge in [-0.1, -0.05) is 30.0 Å². The fourth-order valence-electron chi connectivity index (χ4n) is 3.85. The van der Waals surface area contributed by atoms with Gasteiger partial charge in [0.05, 0.1) is 40.6 Å². The largest absolute Gasteiger partial charge is 0.379 e. The standard InChI is InChI=1S/C21H23N7O3S2/c1-2-27-19-9-8-17(33(29,30)26-10-12-31-13-11-26)14-18(19)22-20(27)15-32-21-23-24-25-28(21)16-6-4-3-5-7-16/h3-9,14H,2,10-13,15H2,1H3. The van der Waals surface area contributed by atoms with E-state index in [0.717, 1.165) is 17.0 Å². The Labute approximate surface area is 195 Å². The van der Waals surface area contributed by atoms with Crippen LogP contribution >= 0.6 is 11.8 Å². The number of hydrogen-bond acceptors (Lipinski definition) is 8. The topological polar surface area (TPSA) is 108 Å². The van der Waals surface area contributed by atoms with Crippen molar-refractivity contribution in [1.82, 2.24) is 34.1 Å². The Morgan fingerprint density at radius 2 is 1.88 bits per heavy atom. The van der Waals surface area contributed by atoms with Gasteiger partial charge >= 0.3 is 0 Å². The van der Waals surface area contributed by atoms with E-state index in [9.17, 15) is 8.42 Å². The van der Waals surface area contributed by atoms with Gasteiger partial charge in [0, 0.05) is 19.6 Å². The predicted octanol–water partition coefficient (Wildman–Crippen LogP) is 2.35. The van der Waals surface area contributed by atoms with Crippen LogP contribution in [-0.2, 0) is 27.1 Å². The lowest BCUT2D eigenvalue weighted by molar-refractivity contribution is 0.0730. The summed E-state index contributed by atoms with van der Waals surface area (Å²) in [4.78, 5) is 5.02. The zero-order valence-corrected chi connectivity index (χ0v) is 19.7. The van der Waals surface area contributed by atoms with Gasteiger partial charge in [-0.3, -0.25) is 0 Å². The lowest BCUT2D eigenvalue weighted by Gasteiger charge is -2.26. The van der Waals surface area contributed by atoms with Crippen LogP contribution in [0, 0.1) is 0 Å². The lowest BCUT2D eigenvalue weighted by Crippen LogP contribution is -2.40. The molecule has 10 nitrogen and oxygen atoms in total. The van der Waals surface area contributed by atoms with Crippen molar-refractivity contribution in [3.63, 3.8) is 0 Å². The lowest BCUT2D eigenvalue weighted by atomic mass is 10.3. The molecule has 0 atom stereocenters. The molecule has 0 bridgehead atoms. The number of ether oxygens (including phenoxy) is 1. The van der Waals surface area contributed by atoms with Crippen molar-refractivity contribution in [2.24, 2.45) is 0 Å². The van der Waals surface area contributed by atoms with Gasteiger partial charge in [-0.2, -0.15) is 8.99 Å². The molecule has 4 aromatic rings. The molecule has 1 saturated heterocycles. The number of benzene rings is 2. The number of aromatic nitrogens is 6. The highest BCUT2D eigenvalue weighted by atomic mass is 32.2. The summed E-state index contributed by atoms with van der Waals surface area (Å²) in [5.74, 6) is 1.38. The van der Waals surface area contributed by atoms with Gasteiger partial charge < -0.3 is 9.30 Å². The van der Waals surface area contributed by atoms with Crippen molar-refractivity contribution in [2.45, 2.75) is 29.3 Å². The maximum atomic E-state index is 13.1. The minimum Gasteiger partial charge on any atom is -0.379 e. The smallest absolute Gasteiger partial charge is 0.243 e. The number of thioether (sulfide) groups is 1. The summed E-state index contributed by atoms with van der Waals surface area (Å²) < 4.78 is 36.6. The first-order valence-electron chi connectivity index (χ1n) is 10.6. The van der Waals surface area contributed by atoms with Gasteiger partial charge in [0.2, 0.25) is 15.2 Å². The predicted molar refractivity (Wildman–Crippen MR) is 124 cm³/mol. The van der Waals surface area contributed by atoms with Gasteiger partial charge in [-0.15, -0.1) is 5.10 Å². The minimum absolute atomic E-state index is 0.255. The van der Waals surface area contributed by atoms with Crippen LogP contribution in [0.5, 0.6) is 0 Å². The third-order valence-electron chi connectivity index (χ3n) is 5.49. The molecule has 0 unspecified atom stereocenters. The van der Waals surface area contributed by atoms with Crippen LogP contribution in [0.2, 0.25) is 0 Å². The van der Waals surface area contributed by atoms with Crippen molar-refractivity contribution >= 4 is 32.8 Å². The molecule has 0 spiro atoms. The van der Waals surface area contributed by atoms with Crippen LogP contribution in [0.1, 0.15) is 12.7 Å². The quantitative estimate of drug-likeness (QED) is 0.367. The van der Waals surface area contributed by atoms with E-state index in [0.29, 0.717) is 49.3 Å². The summed E-state index contributed by atoms with van der Waals surface area (Å²) in [6.07, 6.45) is 0. The number of tetrazole rings is 1. The highest BCUT2D eigenvalue weighted by Crippen LogP contribution is 2.27. The van der Waals surface area contributed by atoms with Crippen LogP contribution in [0.25, 0.3) is 16.7 Å². The number of sulfonamides is 1. The van der Waals surface area contributed by atoms with E-state index in [4.69, 9.17) is 9.72 Å². The van der Waals surface area contributed by atoms with E-state index in [1.54, 1.807) is 16.8 Å².